The standard InChI is InChI=1S/C37H43N3O6S/c1-40-20-19-38-37(40)47-25-32-22-33(29-13-11-26(24-41)12-14-29)46-36(45-32)30-17-15-28(16-18-30)31-8-6-7-27(21-31)23-39-34(42)9-4-2-3-5-10-35(43)44/h6-8,11-21,32-33,36,41H,2-5,9-10,22-25H2,1H3,(H,39,42)(H,43,44)/t32-,33+,36+/m1/s1. The SMILES string of the molecule is Cn1ccnc1SC[C@H]1C[C@@H](c2ccc(CO)cc2)O[C@@H](c2ccc(-c3cccc(CNC(=O)CCCCCCC(=O)O)c3)cc2)O1. The maximum absolute atomic E-state index is 12.3. The zero-order valence-electron chi connectivity index (χ0n) is 26.7. The number of nitrogens with zero attached hydrogens (tertiary/aromatic N) is 2. The number of amides is 1. The van der Waals surface area contributed by atoms with Gasteiger partial charge in [0, 0.05) is 56.6 Å². The van der Waals surface area contributed by atoms with E-state index in [0.717, 1.165) is 63.6 Å². The molecule has 1 aliphatic rings. The highest BCUT2D eigenvalue weighted by atomic mass is 32.2. The molecule has 3 aromatic carbocycles. The van der Waals surface area contributed by atoms with Gasteiger partial charge in [-0.2, -0.15) is 0 Å². The number of hydrogen-bond acceptors (Lipinski definition) is 7. The van der Waals surface area contributed by atoms with Crippen molar-refractivity contribution in [3.05, 3.63) is 107 Å². The Bertz CT molecular complexity index is 1590. The van der Waals surface area contributed by atoms with E-state index in [4.69, 9.17) is 14.6 Å². The van der Waals surface area contributed by atoms with Crippen molar-refractivity contribution in [1.82, 2.24) is 14.9 Å². The van der Waals surface area contributed by atoms with E-state index >= 15 is 0 Å². The summed E-state index contributed by atoms with van der Waals surface area (Å²) in [6, 6.07) is 24.3. The van der Waals surface area contributed by atoms with E-state index in [9.17, 15) is 14.7 Å². The van der Waals surface area contributed by atoms with Crippen LogP contribution >= 0.6 is 11.8 Å². The van der Waals surface area contributed by atoms with E-state index in [1.807, 2.05) is 66.3 Å². The van der Waals surface area contributed by atoms with Gasteiger partial charge in [-0.15, -0.1) is 0 Å². The largest absolute Gasteiger partial charge is 0.481 e. The summed E-state index contributed by atoms with van der Waals surface area (Å²) in [5.74, 6) is -0.0288. The zero-order chi connectivity index (χ0) is 33.0. The van der Waals surface area contributed by atoms with Crippen molar-refractivity contribution in [2.24, 2.45) is 7.05 Å². The Labute approximate surface area is 280 Å². The second kappa shape index (κ2) is 17.3. The topological polar surface area (TPSA) is 123 Å². The molecule has 0 aliphatic carbocycles. The molecule has 5 rings (SSSR count). The number of aromatic nitrogens is 2. The number of carbonyl (C=O) groups is 2. The Morgan fingerprint density at radius 2 is 1.66 bits per heavy atom. The summed E-state index contributed by atoms with van der Waals surface area (Å²) in [4.78, 5) is 27.4. The second-order valence-electron chi connectivity index (χ2n) is 11.9. The molecule has 0 radical (unpaired) electrons. The van der Waals surface area contributed by atoms with Gasteiger partial charge in [-0.25, -0.2) is 4.98 Å². The summed E-state index contributed by atoms with van der Waals surface area (Å²) in [6.45, 7) is 0.453. The number of thioether (sulfide) groups is 1. The smallest absolute Gasteiger partial charge is 0.303 e. The number of benzene rings is 3. The summed E-state index contributed by atoms with van der Waals surface area (Å²) >= 11 is 1.67. The molecule has 2 heterocycles. The molecule has 1 fully saturated rings. The number of aliphatic hydroxyl groups is 1. The van der Waals surface area contributed by atoms with Crippen LogP contribution in [-0.2, 0) is 39.3 Å². The van der Waals surface area contributed by atoms with Crippen LogP contribution in [0.2, 0.25) is 0 Å². The van der Waals surface area contributed by atoms with Gasteiger partial charge >= 0.3 is 5.97 Å². The molecule has 47 heavy (non-hydrogen) atoms. The van der Waals surface area contributed by atoms with Crippen molar-refractivity contribution in [2.45, 2.75) is 81.8 Å². The fourth-order valence-corrected chi connectivity index (χ4v) is 6.53. The average molecular weight is 658 g/mol. The molecule has 0 bridgehead atoms. The number of ether oxygens (including phenoxy) is 2. The van der Waals surface area contributed by atoms with Crippen LogP contribution in [0.4, 0.5) is 0 Å². The Morgan fingerprint density at radius 3 is 2.36 bits per heavy atom. The first-order chi connectivity index (χ1) is 22.9. The van der Waals surface area contributed by atoms with E-state index < -0.39 is 12.3 Å². The van der Waals surface area contributed by atoms with Crippen molar-refractivity contribution in [3.63, 3.8) is 0 Å². The first-order valence-corrected chi connectivity index (χ1v) is 17.1. The highest BCUT2D eigenvalue weighted by Crippen LogP contribution is 2.39. The van der Waals surface area contributed by atoms with E-state index in [2.05, 4.69) is 34.6 Å². The van der Waals surface area contributed by atoms with Gasteiger partial charge in [-0.1, -0.05) is 91.3 Å². The number of hydrogen-bond donors (Lipinski definition) is 3. The lowest BCUT2D eigenvalue weighted by Gasteiger charge is -2.36. The summed E-state index contributed by atoms with van der Waals surface area (Å²) in [5.41, 5.74) is 5.98. The van der Waals surface area contributed by atoms with Gasteiger partial charge in [-0.3, -0.25) is 9.59 Å². The van der Waals surface area contributed by atoms with E-state index in [-0.39, 0.29) is 31.1 Å². The van der Waals surface area contributed by atoms with Crippen molar-refractivity contribution in [2.75, 3.05) is 5.75 Å². The highest BCUT2D eigenvalue weighted by molar-refractivity contribution is 7.99. The number of carboxylic acid groups (broad SMARTS) is 1. The fourth-order valence-electron chi connectivity index (χ4n) is 5.58. The number of aliphatic carboxylic acids is 1. The van der Waals surface area contributed by atoms with Crippen molar-refractivity contribution < 1.29 is 29.3 Å². The molecule has 1 aromatic heterocycles. The molecule has 1 amide bonds. The van der Waals surface area contributed by atoms with E-state index in [1.165, 1.54) is 0 Å². The predicted octanol–water partition coefficient (Wildman–Crippen LogP) is 6.96. The summed E-state index contributed by atoms with van der Waals surface area (Å²) in [7, 11) is 1.99. The summed E-state index contributed by atoms with van der Waals surface area (Å²) in [5, 5.41) is 22.2. The molecule has 248 valence electrons. The van der Waals surface area contributed by atoms with Crippen molar-refractivity contribution in [3.8, 4) is 11.1 Å². The van der Waals surface area contributed by atoms with Crippen LogP contribution in [0.25, 0.3) is 11.1 Å². The number of rotatable bonds is 16. The highest BCUT2D eigenvalue weighted by Gasteiger charge is 2.32. The summed E-state index contributed by atoms with van der Waals surface area (Å²) in [6.07, 6.45) is 7.41. The second-order valence-corrected chi connectivity index (χ2v) is 12.9. The molecule has 4 aromatic rings. The molecule has 3 atom stereocenters. The van der Waals surface area contributed by atoms with Crippen LogP contribution in [0.3, 0.4) is 0 Å². The quantitative estimate of drug-likeness (QED) is 0.0874. The third-order valence-corrected chi connectivity index (χ3v) is 9.46. The lowest BCUT2D eigenvalue weighted by molar-refractivity contribution is -0.245. The molecule has 3 N–H and O–H groups in total. The number of imidazole rings is 1. The van der Waals surface area contributed by atoms with Gasteiger partial charge in [0.2, 0.25) is 5.91 Å². The number of unbranched alkanes of at least 4 members (excludes halogenated alkanes) is 3. The minimum Gasteiger partial charge on any atom is -0.481 e. The molecule has 10 heteroatoms. The molecule has 1 saturated heterocycles. The molecule has 9 nitrogen and oxygen atoms in total. The van der Waals surface area contributed by atoms with E-state index in [1.54, 1.807) is 18.0 Å². The Morgan fingerprint density at radius 1 is 0.915 bits per heavy atom. The molecule has 0 unspecified atom stereocenters. The molecule has 1 aliphatic heterocycles. The van der Waals surface area contributed by atoms with Crippen molar-refractivity contribution in [1.29, 1.82) is 0 Å². The molecular weight excluding hydrogens is 614 g/mol. The number of carboxylic acids is 1. The van der Waals surface area contributed by atoms with Crippen LogP contribution in [0.1, 0.15) is 79.6 Å². The maximum atomic E-state index is 12.3. The molecular formula is C37H43N3O6S. The lowest BCUT2D eigenvalue weighted by Crippen LogP contribution is -2.31. The molecule has 0 saturated carbocycles. The lowest BCUT2D eigenvalue weighted by atomic mass is 9.99. The van der Waals surface area contributed by atoms with Gasteiger partial charge in [0.05, 0.1) is 18.8 Å². The van der Waals surface area contributed by atoms with Gasteiger partial charge in [0.25, 0.3) is 0 Å². The number of aryl methyl sites for hydroxylation is 1. The van der Waals surface area contributed by atoms with Gasteiger partial charge in [-0.05, 0) is 46.7 Å². The number of aliphatic hydroxyl groups excluding tert-OH is 1. The van der Waals surface area contributed by atoms with Gasteiger partial charge in [0.1, 0.15) is 0 Å². The summed E-state index contributed by atoms with van der Waals surface area (Å²) < 4.78 is 15.0. The van der Waals surface area contributed by atoms with Gasteiger partial charge < -0.3 is 29.6 Å². The predicted molar refractivity (Wildman–Crippen MR) is 181 cm³/mol. The Balaban J connectivity index is 1.20. The molecule has 0 spiro atoms. The Kier molecular flexibility index (Phi) is 12.6. The normalized spacial score (nSPS) is 17.8. The zero-order valence-corrected chi connectivity index (χ0v) is 27.5. The minimum atomic E-state index is -0.773. The number of carbonyl (C=O) groups excluding carboxylic acids is 1. The minimum absolute atomic E-state index is 0.00316. The third kappa shape index (κ3) is 10.3. The first kappa shape index (κ1) is 34.4. The van der Waals surface area contributed by atoms with Crippen LogP contribution < -0.4 is 5.32 Å². The van der Waals surface area contributed by atoms with E-state index in [0.29, 0.717) is 25.8 Å². The average Bonchev–Trinajstić information content (AvgIpc) is 3.52. The van der Waals surface area contributed by atoms with Crippen LogP contribution in [0.5, 0.6) is 0 Å². The fraction of sp³-hybridized carbons (Fsp3) is 0.378. The first-order valence-electron chi connectivity index (χ1n) is 16.2. The maximum Gasteiger partial charge on any atom is 0.303 e. The Hall–Kier alpha value is -3.96. The van der Waals surface area contributed by atoms with Crippen LogP contribution in [0, 0.1) is 0 Å². The van der Waals surface area contributed by atoms with Crippen molar-refractivity contribution >= 4 is 23.6 Å². The monoisotopic (exact) mass is 657 g/mol. The third-order valence-electron chi connectivity index (χ3n) is 8.27. The number of nitrogens with one attached hydrogen (secondary N) is 1. The van der Waals surface area contributed by atoms with Crippen LogP contribution in [-0.4, -0.2) is 43.5 Å². The van der Waals surface area contributed by atoms with Gasteiger partial charge in [0.15, 0.2) is 11.4 Å². The van der Waals surface area contributed by atoms with Crippen LogP contribution in [0.15, 0.2) is 90.3 Å².